The van der Waals surface area contributed by atoms with Gasteiger partial charge in [0.25, 0.3) is 0 Å². The second-order valence-electron chi connectivity index (χ2n) is 6.02. The molecule has 0 aromatic rings. The number of nitrogens with zero attached hydrogens (tertiary/aromatic N) is 1. The average Bonchev–Trinajstić information content (AvgIpc) is 3.27. The fourth-order valence-corrected chi connectivity index (χ4v) is 2.62. The van der Waals surface area contributed by atoms with Crippen LogP contribution in [0.4, 0.5) is 4.79 Å². The zero-order valence-corrected chi connectivity index (χ0v) is 12.3. The lowest BCUT2D eigenvalue weighted by Gasteiger charge is -2.26. The van der Waals surface area contributed by atoms with Gasteiger partial charge in [0.1, 0.15) is 5.54 Å². The van der Waals surface area contributed by atoms with Crippen LogP contribution >= 0.6 is 0 Å². The molecule has 0 bridgehead atoms. The molecule has 0 spiro atoms. The molecule has 0 aromatic carbocycles. The van der Waals surface area contributed by atoms with E-state index < -0.39 is 11.5 Å². The molecule has 0 aromatic heterocycles. The van der Waals surface area contributed by atoms with Gasteiger partial charge < -0.3 is 15.7 Å². The lowest BCUT2D eigenvalue weighted by atomic mass is 9.96. The predicted octanol–water partition coefficient (Wildman–Crippen LogP) is 1.02. The first-order valence-corrected chi connectivity index (χ1v) is 7.50. The van der Waals surface area contributed by atoms with Crippen LogP contribution < -0.4 is 10.6 Å². The summed E-state index contributed by atoms with van der Waals surface area (Å²) in [6, 6.07) is 0.300. The molecular weight excluding hydrogens is 258 g/mol. The van der Waals surface area contributed by atoms with E-state index in [4.69, 9.17) is 0 Å². The molecule has 20 heavy (non-hydrogen) atoms. The van der Waals surface area contributed by atoms with Crippen LogP contribution in [0.5, 0.6) is 0 Å². The van der Waals surface area contributed by atoms with Gasteiger partial charge in [0.05, 0.1) is 0 Å². The van der Waals surface area contributed by atoms with Crippen molar-refractivity contribution in [2.24, 2.45) is 5.92 Å². The molecule has 1 atom stereocenters. The Kier molecular flexibility index (Phi) is 4.52. The zero-order valence-electron chi connectivity index (χ0n) is 12.3. The minimum atomic E-state index is -1.13. The number of rotatable bonds is 8. The van der Waals surface area contributed by atoms with Crippen LogP contribution in [0.25, 0.3) is 0 Å². The summed E-state index contributed by atoms with van der Waals surface area (Å²) < 4.78 is 0. The highest BCUT2D eigenvalue weighted by Crippen LogP contribution is 2.39. The molecular formula is C14H25N3O3. The van der Waals surface area contributed by atoms with Crippen LogP contribution in [-0.4, -0.2) is 53.2 Å². The number of likely N-dealkylation sites (N-methyl/N-ethyl adjacent to an activating group) is 1. The summed E-state index contributed by atoms with van der Waals surface area (Å²) in [4.78, 5) is 25.5. The maximum absolute atomic E-state index is 11.8. The third kappa shape index (κ3) is 3.62. The summed E-state index contributed by atoms with van der Waals surface area (Å²) in [6.45, 7) is 6.07. The number of carbonyl (C=O) groups is 2. The summed E-state index contributed by atoms with van der Waals surface area (Å²) >= 11 is 0. The highest BCUT2D eigenvalue weighted by molar-refractivity contribution is 5.86. The van der Waals surface area contributed by atoms with Gasteiger partial charge in [0.2, 0.25) is 0 Å². The van der Waals surface area contributed by atoms with Crippen molar-refractivity contribution in [3.05, 3.63) is 0 Å². The highest BCUT2D eigenvalue weighted by Gasteiger charge is 2.48. The molecule has 3 N–H and O–H groups in total. The number of aliphatic carboxylic acids is 1. The number of amides is 2. The van der Waals surface area contributed by atoms with E-state index >= 15 is 0 Å². The smallest absolute Gasteiger partial charge is 0.329 e. The second-order valence-corrected chi connectivity index (χ2v) is 6.02. The number of urea groups is 1. The molecule has 6 heteroatoms. The van der Waals surface area contributed by atoms with Crippen molar-refractivity contribution in [3.8, 4) is 0 Å². The Labute approximate surface area is 119 Å². The Morgan fingerprint density at radius 2 is 1.95 bits per heavy atom. The van der Waals surface area contributed by atoms with Gasteiger partial charge in [-0.05, 0) is 45.1 Å². The molecule has 2 saturated carbocycles. The Hall–Kier alpha value is -1.30. The third-order valence-corrected chi connectivity index (χ3v) is 4.37. The Morgan fingerprint density at radius 1 is 1.30 bits per heavy atom. The molecule has 114 valence electrons. The molecule has 1 unspecified atom stereocenters. The van der Waals surface area contributed by atoms with Crippen molar-refractivity contribution in [1.82, 2.24) is 15.5 Å². The van der Waals surface area contributed by atoms with Crippen molar-refractivity contribution >= 4 is 12.0 Å². The lowest BCUT2D eigenvalue weighted by Crippen LogP contribution is -2.57. The van der Waals surface area contributed by atoms with Crippen molar-refractivity contribution in [1.29, 1.82) is 0 Å². The second kappa shape index (κ2) is 5.99. The molecule has 0 heterocycles. The Morgan fingerprint density at radius 3 is 2.40 bits per heavy atom. The SMILES string of the molecule is CCN(CCNC(=O)NC(C)(C(=O)O)C1CC1)C1CC1. The van der Waals surface area contributed by atoms with Crippen LogP contribution in [0.1, 0.15) is 39.5 Å². The van der Waals surface area contributed by atoms with Gasteiger partial charge in [0.15, 0.2) is 0 Å². The summed E-state index contributed by atoms with van der Waals surface area (Å²) in [7, 11) is 0. The monoisotopic (exact) mass is 283 g/mol. The van der Waals surface area contributed by atoms with Gasteiger partial charge >= 0.3 is 12.0 Å². The van der Waals surface area contributed by atoms with Gasteiger partial charge in [-0.3, -0.25) is 4.90 Å². The number of carboxylic acids is 1. The van der Waals surface area contributed by atoms with E-state index in [1.165, 1.54) is 12.8 Å². The standard InChI is InChI=1S/C14H25N3O3/c1-3-17(11-6-7-11)9-8-15-13(20)16-14(2,12(18)19)10-4-5-10/h10-11H,3-9H2,1-2H3,(H,18,19)(H2,15,16,20). The number of carboxylic acid groups (broad SMARTS) is 1. The topological polar surface area (TPSA) is 81.7 Å². The first-order valence-electron chi connectivity index (χ1n) is 7.50. The van der Waals surface area contributed by atoms with Crippen LogP contribution in [0, 0.1) is 5.92 Å². The zero-order chi connectivity index (χ0) is 14.8. The molecule has 2 fully saturated rings. The molecule has 6 nitrogen and oxygen atoms in total. The molecule has 0 saturated heterocycles. The van der Waals surface area contributed by atoms with Crippen molar-refractivity contribution < 1.29 is 14.7 Å². The lowest BCUT2D eigenvalue weighted by molar-refractivity contribution is -0.144. The largest absolute Gasteiger partial charge is 0.480 e. The van der Waals surface area contributed by atoms with Gasteiger partial charge in [0, 0.05) is 19.1 Å². The number of hydrogen-bond acceptors (Lipinski definition) is 3. The third-order valence-electron chi connectivity index (χ3n) is 4.37. The van der Waals surface area contributed by atoms with Gasteiger partial charge in [-0.15, -0.1) is 0 Å². The van der Waals surface area contributed by atoms with Crippen molar-refractivity contribution in [2.45, 2.75) is 51.1 Å². The fourth-order valence-electron chi connectivity index (χ4n) is 2.62. The number of carbonyl (C=O) groups excluding carboxylic acids is 1. The summed E-state index contributed by atoms with van der Waals surface area (Å²) in [6.07, 6.45) is 4.24. The van der Waals surface area contributed by atoms with E-state index in [1.807, 2.05) is 0 Å². The normalized spacial score (nSPS) is 21.4. The van der Waals surface area contributed by atoms with E-state index in [0.717, 1.165) is 25.9 Å². The predicted molar refractivity (Wildman–Crippen MR) is 75.6 cm³/mol. The summed E-state index contributed by atoms with van der Waals surface area (Å²) in [5, 5.41) is 14.7. The quantitative estimate of drug-likeness (QED) is 0.621. The van der Waals surface area contributed by atoms with E-state index in [-0.39, 0.29) is 11.9 Å². The highest BCUT2D eigenvalue weighted by atomic mass is 16.4. The number of hydrogen-bond donors (Lipinski definition) is 3. The molecule has 0 aliphatic heterocycles. The van der Waals surface area contributed by atoms with Gasteiger partial charge in [-0.2, -0.15) is 0 Å². The maximum Gasteiger partial charge on any atom is 0.329 e. The molecule has 2 amide bonds. The van der Waals surface area contributed by atoms with Gasteiger partial charge in [-0.1, -0.05) is 6.92 Å². The van der Waals surface area contributed by atoms with Gasteiger partial charge in [-0.25, -0.2) is 9.59 Å². The van der Waals surface area contributed by atoms with Crippen molar-refractivity contribution in [3.63, 3.8) is 0 Å². The van der Waals surface area contributed by atoms with E-state index in [1.54, 1.807) is 6.92 Å². The minimum Gasteiger partial charge on any atom is -0.480 e. The average molecular weight is 283 g/mol. The molecule has 2 aliphatic rings. The summed E-state index contributed by atoms with van der Waals surface area (Å²) in [5.41, 5.74) is -1.13. The summed E-state index contributed by atoms with van der Waals surface area (Å²) in [5.74, 6) is -0.896. The Bertz CT molecular complexity index is 380. The van der Waals surface area contributed by atoms with Crippen LogP contribution in [0.15, 0.2) is 0 Å². The van der Waals surface area contributed by atoms with E-state index in [0.29, 0.717) is 12.6 Å². The molecule has 2 aliphatic carbocycles. The first-order chi connectivity index (χ1) is 9.47. The molecule has 0 radical (unpaired) electrons. The van der Waals surface area contributed by atoms with Crippen LogP contribution in [-0.2, 0) is 4.79 Å². The minimum absolute atomic E-state index is 0.0596. The van der Waals surface area contributed by atoms with Crippen LogP contribution in [0.3, 0.4) is 0 Å². The fraction of sp³-hybridized carbons (Fsp3) is 0.857. The van der Waals surface area contributed by atoms with Crippen molar-refractivity contribution in [2.75, 3.05) is 19.6 Å². The van der Waals surface area contributed by atoms with Crippen LogP contribution in [0.2, 0.25) is 0 Å². The molecule has 2 rings (SSSR count). The Balaban J connectivity index is 1.72. The maximum atomic E-state index is 11.8. The van der Waals surface area contributed by atoms with E-state index in [9.17, 15) is 14.7 Å². The van der Waals surface area contributed by atoms with E-state index in [2.05, 4.69) is 22.5 Å². The number of nitrogens with one attached hydrogen (secondary N) is 2. The first kappa shape index (κ1) is 15.1.